The summed E-state index contributed by atoms with van der Waals surface area (Å²) < 4.78 is 13.9. The maximum Gasteiger partial charge on any atom is 0.124 e. The Morgan fingerprint density at radius 1 is 1.32 bits per heavy atom. The molecule has 3 rings (SSSR count). The van der Waals surface area contributed by atoms with Crippen LogP contribution in [-0.2, 0) is 0 Å². The van der Waals surface area contributed by atoms with Crippen molar-refractivity contribution in [1.82, 2.24) is 14.8 Å². The second kappa shape index (κ2) is 7.34. The second-order valence-corrected chi connectivity index (χ2v) is 6.93. The first-order valence-electron chi connectivity index (χ1n) is 8.64. The van der Waals surface area contributed by atoms with E-state index >= 15 is 0 Å². The second-order valence-electron chi connectivity index (χ2n) is 6.93. The number of nitrogens with zero attached hydrogens (tertiary/aromatic N) is 4. The molecule has 2 aromatic rings. The Bertz CT molecular complexity index is 806. The summed E-state index contributed by atoms with van der Waals surface area (Å²) in [7, 11) is 2.14. The van der Waals surface area contributed by atoms with E-state index in [0.29, 0.717) is 16.6 Å². The fourth-order valence-corrected chi connectivity index (χ4v) is 3.39. The monoisotopic (exact) mass is 341 g/mol. The molecule has 0 amide bonds. The van der Waals surface area contributed by atoms with Crippen molar-refractivity contribution in [1.29, 1.82) is 5.26 Å². The number of benzene rings is 1. The maximum absolute atomic E-state index is 13.9. The summed E-state index contributed by atoms with van der Waals surface area (Å²) in [5.74, 6) is -0.309. The molecule has 0 radical (unpaired) electrons. The van der Waals surface area contributed by atoms with Gasteiger partial charge in [-0.3, -0.25) is 9.88 Å². The van der Waals surface area contributed by atoms with Crippen LogP contribution in [0.4, 0.5) is 10.1 Å². The van der Waals surface area contributed by atoms with Gasteiger partial charge < -0.3 is 10.2 Å². The molecule has 0 aliphatic carbocycles. The summed E-state index contributed by atoms with van der Waals surface area (Å²) in [6.07, 6.45) is 1.57. The molecule has 5 nitrogen and oxygen atoms in total. The van der Waals surface area contributed by atoms with E-state index in [1.165, 1.54) is 12.1 Å². The van der Waals surface area contributed by atoms with Crippen LogP contribution in [-0.4, -0.2) is 60.6 Å². The zero-order chi connectivity index (χ0) is 18.0. The van der Waals surface area contributed by atoms with Gasteiger partial charge in [-0.25, -0.2) is 4.39 Å². The Morgan fingerprint density at radius 3 is 2.72 bits per heavy atom. The number of aromatic nitrogens is 1. The highest BCUT2D eigenvalue weighted by Crippen LogP contribution is 2.29. The number of hydrogen-bond acceptors (Lipinski definition) is 5. The summed E-state index contributed by atoms with van der Waals surface area (Å²) in [6, 6.07) is 5.25. The molecule has 1 aromatic carbocycles. The third kappa shape index (κ3) is 3.89. The number of anilines is 1. The average Bonchev–Trinajstić information content (AvgIpc) is 2.57. The van der Waals surface area contributed by atoms with E-state index in [0.717, 1.165) is 43.8 Å². The standard InChI is InChI=1S/C19H24FN5/c1-13-8-16(20)9-17-18(13)22-11-15(10-21)19(17)23-14(2)12-25-6-4-24(3)5-7-25/h8-9,11,14H,4-7,12H2,1-3H3,(H,22,23). The lowest BCUT2D eigenvalue weighted by atomic mass is 10.1. The molecular weight excluding hydrogens is 317 g/mol. The Kier molecular flexibility index (Phi) is 5.16. The zero-order valence-electron chi connectivity index (χ0n) is 15.0. The normalized spacial score (nSPS) is 17.4. The molecule has 1 aliphatic heterocycles. The molecule has 25 heavy (non-hydrogen) atoms. The SMILES string of the molecule is Cc1cc(F)cc2c(NC(C)CN3CCN(C)CC3)c(C#N)cnc12. The van der Waals surface area contributed by atoms with Crippen molar-refractivity contribution in [3.63, 3.8) is 0 Å². The largest absolute Gasteiger partial charge is 0.380 e. The first-order chi connectivity index (χ1) is 12.0. The molecule has 0 saturated carbocycles. The average molecular weight is 341 g/mol. The van der Waals surface area contributed by atoms with Gasteiger partial charge in [-0.05, 0) is 38.6 Å². The summed E-state index contributed by atoms with van der Waals surface area (Å²) in [6.45, 7) is 9.03. The minimum Gasteiger partial charge on any atom is -0.380 e. The van der Waals surface area contributed by atoms with Crippen LogP contribution in [0, 0.1) is 24.1 Å². The highest BCUT2D eigenvalue weighted by molar-refractivity contribution is 5.95. The number of rotatable bonds is 4. The van der Waals surface area contributed by atoms with Crippen molar-refractivity contribution in [3.05, 3.63) is 35.3 Å². The Labute approximate surface area is 148 Å². The van der Waals surface area contributed by atoms with Crippen LogP contribution >= 0.6 is 0 Å². The third-order valence-electron chi connectivity index (χ3n) is 4.77. The van der Waals surface area contributed by atoms with Crippen LogP contribution in [0.5, 0.6) is 0 Å². The number of hydrogen-bond donors (Lipinski definition) is 1. The lowest BCUT2D eigenvalue weighted by Crippen LogP contribution is -2.47. The Hall–Kier alpha value is -2.23. The van der Waals surface area contributed by atoms with Gasteiger partial charge in [-0.1, -0.05) is 0 Å². The maximum atomic E-state index is 13.9. The molecule has 132 valence electrons. The van der Waals surface area contributed by atoms with Crippen LogP contribution in [0.3, 0.4) is 0 Å². The van der Waals surface area contributed by atoms with Crippen molar-refractivity contribution >= 4 is 16.6 Å². The number of halogens is 1. The van der Waals surface area contributed by atoms with Crippen molar-refractivity contribution < 1.29 is 4.39 Å². The van der Waals surface area contributed by atoms with Crippen molar-refractivity contribution in [2.45, 2.75) is 19.9 Å². The molecule has 1 aromatic heterocycles. The van der Waals surface area contributed by atoms with E-state index in [9.17, 15) is 9.65 Å². The molecule has 1 atom stereocenters. The number of pyridine rings is 1. The highest BCUT2D eigenvalue weighted by Gasteiger charge is 2.18. The smallest absolute Gasteiger partial charge is 0.124 e. The number of nitriles is 1. The molecule has 2 heterocycles. The van der Waals surface area contributed by atoms with Crippen LogP contribution in [0.15, 0.2) is 18.3 Å². The molecule has 1 fully saturated rings. The molecule has 1 unspecified atom stereocenters. The molecule has 6 heteroatoms. The first-order valence-corrected chi connectivity index (χ1v) is 8.64. The van der Waals surface area contributed by atoms with Gasteiger partial charge in [-0.2, -0.15) is 5.26 Å². The Balaban J connectivity index is 1.85. The molecule has 1 N–H and O–H groups in total. The van der Waals surface area contributed by atoms with Gasteiger partial charge in [0.05, 0.1) is 16.8 Å². The van der Waals surface area contributed by atoms with Gasteiger partial charge in [0.2, 0.25) is 0 Å². The summed E-state index contributed by atoms with van der Waals surface area (Å²) in [5, 5.41) is 13.5. The fraction of sp³-hybridized carbons (Fsp3) is 0.474. The van der Waals surface area contributed by atoms with Crippen LogP contribution < -0.4 is 5.32 Å². The minimum absolute atomic E-state index is 0.143. The summed E-state index contributed by atoms with van der Waals surface area (Å²) >= 11 is 0. The van der Waals surface area contributed by atoms with Gasteiger partial charge in [0.25, 0.3) is 0 Å². The Morgan fingerprint density at radius 2 is 2.04 bits per heavy atom. The number of likely N-dealkylation sites (N-methyl/N-ethyl adjacent to an activating group) is 1. The lowest BCUT2D eigenvalue weighted by Gasteiger charge is -2.34. The van der Waals surface area contributed by atoms with E-state index in [1.54, 1.807) is 6.20 Å². The van der Waals surface area contributed by atoms with E-state index < -0.39 is 0 Å². The minimum atomic E-state index is -0.309. The molecule has 1 aliphatic rings. The zero-order valence-corrected chi connectivity index (χ0v) is 15.0. The van der Waals surface area contributed by atoms with Crippen molar-refractivity contribution in [2.24, 2.45) is 0 Å². The summed E-state index contributed by atoms with van der Waals surface area (Å²) in [5.41, 5.74) is 2.63. The van der Waals surface area contributed by atoms with E-state index in [2.05, 4.69) is 40.1 Å². The predicted molar refractivity (Wildman–Crippen MR) is 98.2 cm³/mol. The third-order valence-corrected chi connectivity index (χ3v) is 4.77. The summed E-state index contributed by atoms with van der Waals surface area (Å²) in [4.78, 5) is 9.08. The fourth-order valence-electron chi connectivity index (χ4n) is 3.39. The van der Waals surface area contributed by atoms with E-state index in [1.807, 2.05) is 6.92 Å². The van der Waals surface area contributed by atoms with Gasteiger partial charge in [0.1, 0.15) is 11.9 Å². The highest BCUT2D eigenvalue weighted by atomic mass is 19.1. The van der Waals surface area contributed by atoms with Crippen LogP contribution in [0.25, 0.3) is 10.9 Å². The van der Waals surface area contributed by atoms with Gasteiger partial charge in [0.15, 0.2) is 0 Å². The van der Waals surface area contributed by atoms with Gasteiger partial charge in [0, 0.05) is 50.3 Å². The molecular formula is C19H24FN5. The van der Waals surface area contributed by atoms with Crippen LogP contribution in [0.2, 0.25) is 0 Å². The predicted octanol–water partition coefficient (Wildman–Crippen LogP) is 2.60. The number of aryl methyl sites for hydroxylation is 1. The first kappa shape index (κ1) is 17.6. The number of piperazine rings is 1. The number of fused-ring (bicyclic) bond motifs is 1. The van der Waals surface area contributed by atoms with Crippen molar-refractivity contribution in [3.8, 4) is 6.07 Å². The molecule has 0 spiro atoms. The topological polar surface area (TPSA) is 55.2 Å². The van der Waals surface area contributed by atoms with Gasteiger partial charge in [-0.15, -0.1) is 0 Å². The quantitative estimate of drug-likeness (QED) is 0.926. The molecule has 0 bridgehead atoms. The van der Waals surface area contributed by atoms with Crippen LogP contribution in [0.1, 0.15) is 18.1 Å². The van der Waals surface area contributed by atoms with Crippen molar-refractivity contribution in [2.75, 3.05) is 45.1 Å². The van der Waals surface area contributed by atoms with E-state index in [4.69, 9.17) is 0 Å². The lowest BCUT2D eigenvalue weighted by molar-refractivity contribution is 0.151. The van der Waals surface area contributed by atoms with Gasteiger partial charge >= 0.3 is 0 Å². The van der Waals surface area contributed by atoms with E-state index in [-0.39, 0.29) is 11.9 Å². The number of nitrogens with one attached hydrogen (secondary N) is 1. The molecule has 1 saturated heterocycles.